The molecule has 0 N–H and O–H groups in total. The minimum Gasteiger partial charge on any atom is -0.299 e. The molecule has 21 heavy (non-hydrogen) atoms. The van der Waals surface area contributed by atoms with Crippen LogP contribution in [-0.2, 0) is 4.79 Å². The third-order valence-electron chi connectivity index (χ3n) is 5.20. The summed E-state index contributed by atoms with van der Waals surface area (Å²) >= 11 is 0. The number of carbonyl (C=O) groups is 1. The van der Waals surface area contributed by atoms with E-state index in [0.717, 1.165) is 31.2 Å². The summed E-state index contributed by atoms with van der Waals surface area (Å²) in [4.78, 5) is 24.5. The third-order valence-corrected chi connectivity index (χ3v) is 5.20. The molecule has 1 aliphatic heterocycles. The van der Waals surface area contributed by atoms with Gasteiger partial charge in [0.1, 0.15) is 5.78 Å². The minimum atomic E-state index is -0.590. The normalized spacial score (nSPS) is 31.6. The maximum absolute atomic E-state index is 13.0. The molecule has 1 aromatic carbocycles. The van der Waals surface area contributed by atoms with Crippen LogP contribution in [0.2, 0.25) is 0 Å². The summed E-state index contributed by atoms with van der Waals surface area (Å²) in [6, 6.07) is 9.54. The molecule has 3 rings (SSSR count). The first-order valence-corrected chi connectivity index (χ1v) is 7.78. The van der Waals surface area contributed by atoms with Gasteiger partial charge in [0.05, 0.1) is 17.4 Å². The zero-order valence-corrected chi connectivity index (χ0v) is 12.7. The van der Waals surface area contributed by atoms with Gasteiger partial charge >= 0.3 is 0 Å². The fourth-order valence-electron chi connectivity index (χ4n) is 4.18. The third kappa shape index (κ3) is 2.17. The first-order valence-electron chi connectivity index (χ1n) is 7.78. The lowest BCUT2D eigenvalue weighted by molar-refractivity contribution is -0.151. The van der Waals surface area contributed by atoms with Crippen LogP contribution in [0.25, 0.3) is 0 Å². The fraction of sp³-hybridized carbons (Fsp3) is 0.588. The summed E-state index contributed by atoms with van der Waals surface area (Å²) in [5.74, 6) is 0.257. The van der Waals surface area contributed by atoms with Gasteiger partial charge in [-0.15, -0.1) is 4.91 Å². The Morgan fingerprint density at radius 2 is 1.81 bits per heavy atom. The van der Waals surface area contributed by atoms with E-state index in [0.29, 0.717) is 5.78 Å². The van der Waals surface area contributed by atoms with Crippen LogP contribution in [0.4, 0.5) is 0 Å². The highest BCUT2D eigenvalue weighted by molar-refractivity contribution is 5.89. The molecule has 1 aliphatic carbocycles. The van der Waals surface area contributed by atoms with Crippen LogP contribution in [0, 0.1) is 16.2 Å². The van der Waals surface area contributed by atoms with Crippen molar-refractivity contribution >= 4 is 5.78 Å². The average molecular weight is 286 g/mol. The van der Waals surface area contributed by atoms with Crippen molar-refractivity contribution in [2.24, 2.45) is 16.6 Å². The van der Waals surface area contributed by atoms with E-state index >= 15 is 0 Å². The summed E-state index contributed by atoms with van der Waals surface area (Å²) in [6.45, 7) is 3.91. The molecule has 1 saturated carbocycles. The monoisotopic (exact) mass is 286 g/mol. The van der Waals surface area contributed by atoms with Crippen molar-refractivity contribution in [3.05, 3.63) is 40.8 Å². The van der Waals surface area contributed by atoms with Gasteiger partial charge in [0.2, 0.25) is 0 Å². The molecule has 112 valence electrons. The number of nitrogens with zero attached hydrogens (tertiary/aromatic N) is 2. The smallest absolute Gasteiger partial charge is 0.146 e. The van der Waals surface area contributed by atoms with Gasteiger partial charge in [-0.3, -0.25) is 4.79 Å². The SMILES string of the molecule is CC1(C)C(=O)[C@H]2CCCC[C@@H]2N(N=O)[C@@H]1c1ccccc1. The van der Waals surface area contributed by atoms with Crippen LogP contribution in [0.3, 0.4) is 0 Å². The van der Waals surface area contributed by atoms with Crippen molar-refractivity contribution < 1.29 is 4.79 Å². The number of rotatable bonds is 2. The maximum Gasteiger partial charge on any atom is 0.146 e. The topological polar surface area (TPSA) is 49.7 Å². The molecule has 4 heteroatoms. The number of ketones is 1. The zero-order valence-electron chi connectivity index (χ0n) is 12.7. The second-order valence-electron chi connectivity index (χ2n) is 6.82. The molecule has 0 spiro atoms. The molecule has 1 heterocycles. The minimum absolute atomic E-state index is 0.0259. The van der Waals surface area contributed by atoms with Crippen LogP contribution in [0.1, 0.15) is 51.1 Å². The van der Waals surface area contributed by atoms with E-state index in [1.54, 1.807) is 5.01 Å². The molecule has 0 amide bonds. The summed E-state index contributed by atoms with van der Waals surface area (Å²) in [6.07, 6.45) is 3.93. The van der Waals surface area contributed by atoms with Gasteiger partial charge in [0.15, 0.2) is 0 Å². The summed E-state index contributed by atoms with van der Waals surface area (Å²) in [7, 11) is 0. The Kier molecular flexibility index (Phi) is 3.56. The van der Waals surface area contributed by atoms with Gasteiger partial charge in [-0.25, -0.2) is 5.01 Å². The van der Waals surface area contributed by atoms with Gasteiger partial charge < -0.3 is 0 Å². The zero-order chi connectivity index (χ0) is 15.0. The van der Waals surface area contributed by atoms with Crippen LogP contribution in [-0.4, -0.2) is 16.8 Å². The van der Waals surface area contributed by atoms with Gasteiger partial charge in [-0.2, -0.15) is 0 Å². The standard InChI is InChI=1S/C17H22N2O2/c1-17(2)15(12-8-4-3-5-9-12)19(18-21)14-11-7-6-10-13(14)16(17)20/h3-5,8-9,13-15H,6-7,10-11H2,1-2H3/t13-,14-,15+/m0/s1. The molecular formula is C17H22N2O2. The van der Waals surface area contributed by atoms with E-state index in [1.165, 1.54) is 0 Å². The van der Waals surface area contributed by atoms with E-state index in [2.05, 4.69) is 5.29 Å². The van der Waals surface area contributed by atoms with Crippen LogP contribution >= 0.6 is 0 Å². The predicted molar refractivity (Wildman–Crippen MR) is 81.4 cm³/mol. The molecule has 1 aromatic rings. The summed E-state index contributed by atoms with van der Waals surface area (Å²) < 4.78 is 0. The van der Waals surface area contributed by atoms with Crippen molar-refractivity contribution in [3.8, 4) is 0 Å². The summed E-state index contributed by atoms with van der Waals surface area (Å²) in [5, 5.41) is 5.03. The molecular weight excluding hydrogens is 264 g/mol. The van der Waals surface area contributed by atoms with Crippen molar-refractivity contribution in [3.63, 3.8) is 0 Å². The van der Waals surface area contributed by atoms with Gasteiger partial charge in [0.25, 0.3) is 0 Å². The highest BCUT2D eigenvalue weighted by Crippen LogP contribution is 2.50. The lowest BCUT2D eigenvalue weighted by atomic mass is 9.64. The Hall–Kier alpha value is -1.71. The van der Waals surface area contributed by atoms with E-state index in [4.69, 9.17) is 0 Å². The van der Waals surface area contributed by atoms with Gasteiger partial charge in [-0.1, -0.05) is 57.0 Å². The molecule has 0 radical (unpaired) electrons. The van der Waals surface area contributed by atoms with Crippen molar-refractivity contribution in [2.45, 2.75) is 51.6 Å². The largest absolute Gasteiger partial charge is 0.299 e. The van der Waals surface area contributed by atoms with Crippen LogP contribution in [0.15, 0.2) is 35.6 Å². The molecule has 2 aliphatic rings. The first kappa shape index (κ1) is 14.2. The Morgan fingerprint density at radius 1 is 1.14 bits per heavy atom. The number of benzene rings is 1. The lowest BCUT2D eigenvalue weighted by Gasteiger charge is -2.51. The molecule has 1 saturated heterocycles. The highest BCUT2D eigenvalue weighted by atomic mass is 16.3. The molecule has 0 bridgehead atoms. The summed E-state index contributed by atoms with van der Waals surface area (Å²) in [5.41, 5.74) is 0.410. The molecule has 0 unspecified atom stereocenters. The quantitative estimate of drug-likeness (QED) is 0.775. The van der Waals surface area contributed by atoms with Crippen molar-refractivity contribution in [1.29, 1.82) is 0 Å². The number of nitroso groups, excluding NO2 is 1. The van der Waals surface area contributed by atoms with E-state index in [9.17, 15) is 9.70 Å². The lowest BCUT2D eigenvalue weighted by Crippen LogP contribution is -2.57. The number of hydrogen-bond donors (Lipinski definition) is 0. The fourth-order valence-corrected chi connectivity index (χ4v) is 4.18. The number of fused-ring (bicyclic) bond motifs is 1. The first-order chi connectivity index (χ1) is 10.1. The van der Waals surface area contributed by atoms with Crippen LogP contribution < -0.4 is 0 Å². The molecule has 2 fully saturated rings. The predicted octanol–water partition coefficient (Wildman–Crippen LogP) is 3.88. The molecule has 3 atom stereocenters. The highest BCUT2D eigenvalue weighted by Gasteiger charge is 2.54. The van der Waals surface area contributed by atoms with E-state index in [-0.39, 0.29) is 18.0 Å². The van der Waals surface area contributed by atoms with Gasteiger partial charge in [0, 0.05) is 11.3 Å². The molecule has 0 aromatic heterocycles. The second kappa shape index (κ2) is 5.24. The average Bonchev–Trinajstić information content (AvgIpc) is 2.51. The Morgan fingerprint density at radius 3 is 2.48 bits per heavy atom. The number of hydrogen-bond acceptors (Lipinski definition) is 3. The number of piperidine rings is 1. The van der Waals surface area contributed by atoms with Gasteiger partial charge in [-0.05, 0) is 18.4 Å². The Balaban J connectivity index is 2.07. The number of Topliss-reactive ketones (excluding diaryl/α,β-unsaturated/α-hetero) is 1. The van der Waals surface area contributed by atoms with Crippen LogP contribution in [0.5, 0.6) is 0 Å². The van der Waals surface area contributed by atoms with Crippen molar-refractivity contribution in [2.75, 3.05) is 0 Å². The van der Waals surface area contributed by atoms with E-state index < -0.39 is 5.41 Å². The van der Waals surface area contributed by atoms with Crippen molar-refractivity contribution in [1.82, 2.24) is 5.01 Å². The number of carbonyl (C=O) groups excluding carboxylic acids is 1. The second-order valence-corrected chi connectivity index (χ2v) is 6.82. The Labute approximate surface area is 125 Å². The molecule has 4 nitrogen and oxygen atoms in total. The Bertz CT molecular complexity index is 541. The van der Waals surface area contributed by atoms with E-state index in [1.807, 2.05) is 44.2 Å². The maximum atomic E-state index is 13.0.